The smallest absolute Gasteiger partial charge is 0.257 e. The minimum Gasteiger partial charge on any atom is -0.361 e. The fourth-order valence-corrected chi connectivity index (χ4v) is 4.27. The van der Waals surface area contributed by atoms with Gasteiger partial charge in [0.1, 0.15) is 0 Å². The first-order valence-electron chi connectivity index (χ1n) is 10.3. The van der Waals surface area contributed by atoms with E-state index in [-0.39, 0.29) is 5.91 Å². The highest BCUT2D eigenvalue weighted by atomic mass is 16.2. The molecule has 0 spiro atoms. The number of aromatic nitrogens is 3. The first-order valence-corrected chi connectivity index (χ1v) is 10.3. The molecule has 0 bridgehead atoms. The zero-order valence-corrected chi connectivity index (χ0v) is 17.2. The van der Waals surface area contributed by atoms with Gasteiger partial charge in [0.15, 0.2) is 0 Å². The molecule has 1 aliphatic rings. The number of fused-ring (bicyclic) bond motifs is 1. The van der Waals surface area contributed by atoms with Gasteiger partial charge in [0, 0.05) is 35.8 Å². The van der Waals surface area contributed by atoms with Gasteiger partial charge in [-0.15, -0.1) is 0 Å². The standard InChI is InChI=1S/C25H24N4O/c1-17-7-3-6-10-24(17)29-18(2)21(16-27-29)25(30)28-13-11-19(12-14-28)22-15-26-23-9-5-4-8-20(22)23/h3-11,15-16,26H,12-14H2,1-2H3. The Labute approximate surface area is 175 Å². The van der Waals surface area contributed by atoms with E-state index >= 15 is 0 Å². The lowest BCUT2D eigenvalue weighted by atomic mass is 9.98. The number of nitrogens with zero attached hydrogens (tertiary/aromatic N) is 3. The molecule has 150 valence electrons. The Bertz CT molecular complexity index is 1280. The Morgan fingerprint density at radius 2 is 1.87 bits per heavy atom. The Balaban J connectivity index is 1.38. The molecule has 5 nitrogen and oxygen atoms in total. The van der Waals surface area contributed by atoms with Crippen LogP contribution in [0.4, 0.5) is 0 Å². The second-order valence-corrected chi connectivity index (χ2v) is 7.82. The van der Waals surface area contributed by atoms with Crippen LogP contribution < -0.4 is 0 Å². The maximum atomic E-state index is 13.2. The molecule has 2 aromatic carbocycles. The van der Waals surface area contributed by atoms with E-state index in [2.05, 4.69) is 53.5 Å². The topological polar surface area (TPSA) is 53.9 Å². The number of aryl methyl sites for hydroxylation is 1. The van der Waals surface area contributed by atoms with Gasteiger partial charge in [-0.2, -0.15) is 5.10 Å². The second kappa shape index (κ2) is 7.34. The number of rotatable bonds is 3. The molecule has 0 unspecified atom stereocenters. The molecule has 4 aromatic rings. The van der Waals surface area contributed by atoms with E-state index in [1.54, 1.807) is 6.20 Å². The van der Waals surface area contributed by atoms with E-state index in [0.717, 1.165) is 28.9 Å². The molecule has 2 aromatic heterocycles. The van der Waals surface area contributed by atoms with E-state index in [1.807, 2.05) is 40.8 Å². The van der Waals surface area contributed by atoms with Gasteiger partial charge in [-0.3, -0.25) is 4.79 Å². The van der Waals surface area contributed by atoms with Crippen LogP contribution in [0.15, 0.2) is 67.0 Å². The molecule has 5 heteroatoms. The minimum absolute atomic E-state index is 0.0431. The molecule has 3 heterocycles. The normalized spacial score (nSPS) is 14.2. The maximum absolute atomic E-state index is 13.2. The quantitative estimate of drug-likeness (QED) is 0.535. The van der Waals surface area contributed by atoms with Crippen LogP contribution in [-0.2, 0) is 0 Å². The van der Waals surface area contributed by atoms with Crippen molar-refractivity contribution in [1.29, 1.82) is 0 Å². The van der Waals surface area contributed by atoms with Crippen molar-refractivity contribution in [1.82, 2.24) is 19.7 Å². The number of benzene rings is 2. The molecule has 1 N–H and O–H groups in total. The van der Waals surface area contributed by atoms with Crippen LogP contribution in [0.5, 0.6) is 0 Å². The number of H-pyrrole nitrogens is 1. The van der Waals surface area contributed by atoms with Crippen molar-refractivity contribution < 1.29 is 4.79 Å². The number of para-hydroxylation sites is 2. The van der Waals surface area contributed by atoms with Crippen molar-refractivity contribution in [2.24, 2.45) is 0 Å². The van der Waals surface area contributed by atoms with Gasteiger partial charge in [0.05, 0.1) is 23.1 Å². The number of amides is 1. The zero-order chi connectivity index (χ0) is 20.7. The highest BCUT2D eigenvalue weighted by Gasteiger charge is 2.24. The highest BCUT2D eigenvalue weighted by molar-refractivity contribution is 5.97. The van der Waals surface area contributed by atoms with Gasteiger partial charge in [-0.1, -0.05) is 42.5 Å². The monoisotopic (exact) mass is 396 g/mol. The van der Waals surface area contributed by atoms with Crippen molar-refractivity contribution in [2.45, 2.75) is 20.3 Å². The van der Waals surface area contributed by atoms with Crippen LogP contribution >= 0.6 is 0 Å². The average molecular weight is 396 g/mol. The predicted octanol–water partition coefficient (Wildman–Crippen LogP) is 4.90. The lowest BCUT2D eigenvalue weighted by Gasteiger charge is -2.26. The molecule has 1 aliphatic heterocycles. The molecule has 0 atom stereocenters. The van der Waals surface area contributed by atoms with Gasteiger partial charge in [0.2, 0.25) is 0 Å². The summed E-state index contributed by atoms with van der Waals surface area (Å²) in [6.07, 6.45) is 6.80. The molecule has 30 heavy (non-hydrogen) atoms. The Hall–Kier alpha value is -3.60. The molecular weight excluding hydrogens is 372 g/mol. The first kappa shape index (κ1) is 18.4. The number of hydrogen-bond donors (Lipinski definition) is 1. The number of nitrogens with one attached hydrogen (secondary N) is 1. The third-order valence-electron chi connectivity index (χ3n) is 6.02. The summed E-state index contributed by atoms with van der Waals surface area (Å²) in [6, 6.07) is 16.4. The third-order valence-corrected chi connectivity index (χ3v) is 6.02. The Kier molecular flexibility index (Phi) is 4.51. The van der Waals surface area contributed by atoms with Gasteiger partial charge in [-0.05, 0) is 43.5 Å². The van der Waals surface area contributed by atoms with Gasteiger partial charge >= 0.3 is 0 Å². The molecule has 0 fully saturated rings. The fourth-order valence-electron chi connectivity index (χ4n) is 4.27. The summed E-state index contributed by atoms with van der Waals surface area (Å²) in [4.78, 5) is 18.4. The molecule has 1 amide bonds. The van der Waals surface area contributed by atoms with Gasteiger partial charge in [-0.25, -0.2) is 4.68 Å². The predicted molar refractivity (Wildman–Crippen MR) is 120 cm³/mol. The molecule has 0 saturated heterocycles. The van der Waals surface area contributed by atoms with Gasteiger partial charge < -0.3 is 9.88 Å². The summed E-state index contributed by atoms with van der Waals surface area (Å²) < 4.78 is 1.86. The first-order chi connectivity index (χ1) is 14.6. The van der Waals surface area contributed by atoms with Crippen LogP contribution in [0.2, 0.25) is 0 Å². The summed E-state index contributed by atoms with van der Waals surface area (Å²) in [7, 11) is 0. The molecule has 0 radical (unpaired) electrons. The summed E-state index contributed by atoms with van der Waals surface area (Å²) in [5.41, 5.74) is 7.36. The Morgan fingerprint density at radius 1 is 1.07 bits per heavy atom. The lowest BCUT2D eigenvalue weighted by molar-refractivity contribution is 0.0772. The van der Waals surface area contributed by atoms with Crippen LogP contribution in [-0.4, -0.2) is 38.7 Å². The third kappa shape index (κ3) is 3.03. The van der Waals surface area contributed by atoms with Crippen molar-refractivity contribution in [3.63, 3.8) is 0 Å². The van der Waals surface area contributed by atoms with Crippen molar-refractivity contribution in [2.75, 3.05) is 13.1 Å². The van der Waals surface area contributed by atoms with Crippen LogP contribution in [0.25, 0.3) is 22.2 Å². The summed E-state index contributed by atoms with van der Waals surface area (Å²) in [5, 5.41) is 5.74. The van der Waals surface area contributed by atoms with E-state index in [4.69, 9.17) is 0 Å². The second-order valence-electron chi connectivity index (χ2n) is 7.82. The summed E-state index contributed by atoms with van der Waals surface area (Å²) in [6.45, 7) is 5.34. The van der Waals surface area contributed by atoms with E-state index < -0.39 is 0 Å². The van der Waals surface area contributed by atoms with E-state index in [9.17, 15) is 4.79 Å². The molecule has 0 aliphatic carbocycles. The molecular formula is C25H24N4O. The SMILES string of the molecule is Cc1ccccc1-n1ncc(C(=O)N2CC=C(c3c[nH]c4ccccc34)CC2)c1C. The highest BCUT2D eigenvalue weighted by Crippen LogP contribution is 2.29. The summed E-state index contributed by atoms with van der Waals surface area (Å²) in [5.74, 6) is 0.0431. The summed E-state index contributed by atoms with van der Waals surface area (Å²) >= 11 is 0. The van der Waals surface area contributed by atoms with Crippen LogP contribution in [0.1, 0.15) is 33.6 Å². The van der Waals surface area contributed by atoms with Crippen LogP contribution in [0.3, 0.4) is 0 Å². The lowest BCUT2D eigenvalue weighted by Crippen LogP contribution is -2.34. The van der Waals surface area contributed by atoms with E-state index in [1.165, 1.54) is 16.5 Å². The van der Waals surface area contributed by atoms with Crippen molar-refractivity contribution in [3.8, 4) is 5.69 Å². The van der Waals surface area contributed by atoms with Gasteiger partial charge in [0.25, 0.3) is 5.91 Å². The minimum atomic E-state index is 0.0431. The average Bonchev–Trinajstić information content (AvgIpc) is 3.37. The molecule has 0 saturated carbocycles. The zero-order valence-electron chi connectivity index (χ0n) is 17.2. The maximum Gasteiger partial charge on any atom is 0.257 e. The number of aromatic amines is 1. The number of carbonyl (C=O) groups excluding carboxylic acids is 1. The van der Waals surface area contributed by atoms with Crippen molar-refractivity contribution >= 4 is 22.4 Å². The Morgan fingerprint density at radius 3 is 2.67 bits per heavy atom. The molecule has 5 rings (SSSR count). The fraction of sp³-hybridized carbons (Fsp3) is 0.200. The largest absolute Gasteiger partial charge is 0.361 e. The van der Waals surface area contributed by atoms with Crippen LogP contribution in [0, 0.1) is 13.8 Å². The van der Waals surface area contributed by atoms with Crippen molar-refractivity contribution in [3.05, 3.63) is 89.4 Å². The number of carbonyl (C=O) groups is 1. The number of hydrogen-bond acceptors (Lipinski definition) is 2. The van der Waals surface area contributed by atoms with E-state index in [0.29, 0.717) is 18.7 Å².